The molecule has 1 saturated heterocycles. The summed E-state index contributed by atoms with van der Waals surface area (Å²) >= 11 is 0. The van der Waals surface area contributed by atoms with E-state index >= 15 is 0 Å². The summed E-state index contributed by atoms with van der Waals surface area (Å²) in [5.74, 6) is 1.47. The van der Waals surface area contributed by atoms with Crippen molar-refractivity contribution in [1.29, 1.82) is 0 Å². The van der Waals surface area contributed by atoms with Crippen LogP contribution < -0.4 is 10.6 Å². The van der Waals surface area contributed by atoms with E-state index < -0.39 is 0 Å². The van der Waals surface area contributed by atoms with Crippen molar-refractivity contribution in [3.8, 4) is 5.69 Å². The second-order valence-corrected chi connectivity index (χ2v) is 7.78. The van der Waals surface area contributed by atoms with Crippen molar-refractivity contribution in [1.82, 2.24) is 25.3 Å². The summed E-state index contributed by atoms with van der Waals surface area (Å²) in [4.78, 5) is 6.86. The van der Waals surface area contributed by atoms with Gasteiger partial charge in [0.25, 0.3) is 0 Å². The lowest BCUT2D eigenvalue weighted by Gasteiger charge is -2.30. The minimum atomic E-state index is -0.241. The number of hydrogen-bond acceptors (Lipinski definition) is 3. The van der Waals surface area contributed by atoms with E-state index in [1.54, 1.807) is 23.9 Å². The highest BCUT2D eigenvalue weighted by molar-refractivity contribution is 14.0. The molecule has 0 unspecified atom stereocenters. The molecule has 0 amide bonds. The van der Waals surface area contributed by atoms with Crippen molar-refractivity contribution in [2.75, 3.05) is 39.8 Å². The molecule has 1 aliphatic heterocycles. The summed E-state index contributed by atoms with van der Waals surface area (Å²) in [6.07, 6.45) is 6.47. The summed E-state index contributed by atoms with van der Waals surface area (Å²) < 4.78 is 14.8. The van der Waals surface area contributed by atoms with Gasteiger partial charge in [-0.05, 0) is 75.1 Å². The van der Waals surface area contributed by atoms with Crippen molar-refractivity contribution >= 4 is 29.9 Å². The summed E-state index contributed by atoms with van der Waals surface area (Å²) in [5.41, 5.74) is 1.84. The number of halogens is 2. The van der Waals surface area contributed by atoms with Crippen LogP contribution in [0.4, 0.5) is 4.39 Å². The maximum atomic E-state index is 13.0. The molecule has 0 saturated carbocycles. The predicted molar refractivity (Wildman–Crippen MR) is 131 cm³/mol. The van der Waals surface area contributed by atoms with Crippen LogP contribution in [0, 0.1) is 11.7 Å². The summed E-state index contributed by atoms with van der Waals surface area (Å²) in [6.45, 7) is 7.64. The summed E-state index contributed by atoms with van der Waals surface area (Å²) in [7, 11) is 1.80. The predicted octanol–water partition coefficient (Wildman–Crippen LogP) is 3.46. The topological polar surface area (TPSA) is 57.5 Å². The van der Waals surface area contributed by atoms with Crippen LogP contribution in [0.2, 0.25) is 0 Å². The molecule has 2 aromatic rings. The van der Waals surface area contributed by atoms with Crippen molar-refractivity contribution in [2.45, 2.75) is 32.6 Å². The molecule has 1 aliphatic rings. The van der Waals surface area contributed by atoms with Gasteiger partial charge in [-0.2, -0.15) is 5.10 Å². The summed E-state index contributed by atoms with van der Waals surface area (Å²) in [6, 6.07) is 8.32. The van der Waals surface area contributed by atoms with Crippen LogP contribution in [0.1, 0.15) is 31.9 Å². The zero-order chi connectivity index (χ0) is 20.5. The van der Waals surface area contributed by atoms with E-state index in [0.29, 0.717) is 0 Å². The first-order chi connectivity index (χ1) is 14.1. The number of benzene rings is 1. The SMILES string of the molecule is CN=C(NCCCN1CCC(C)CC1)NCCc1ccn(-c2ccc(F)cc2)n1.I. The van der Waals surface area contributed by atoms with Gasteiger partial charge in [0.2, 0.25) is 0 Å². The molecule has 2 N–H and O–H groups in total. The molecule has 1 aromatic carbocycles. The number of aromatic nitrogens is 2. The maximum Gasteiger partial charge on any atom is 0.190 e. The average molecular weight is 528 g/mol. The lowest BCUT2D eigenvalue weighted by Crippen LogP contribution is -2.40. The van der Waals surface area contributed by atoms with E-state index in [-0.39, 0.29) is 29.8 Å². The molecule has 0 atom stereocenters. The minimum absolute atomic E-state index is 0. The first-order valence-corrected chi connectivity index (χ1v) is 10.6. The molecule has 0 radical (unpaired) electrons. The van der Waals surface area contributed by atoms with Crippen LogP contribution in [0.3, 0.4) is 0 Å². The lowest BCUT2D eigenvalue weighted by molar-refractivity contribution is 0.191. The number of piperidine rings is 1. The Morgan fingerprint density at radius 1 is 1.13 bits per heavy atom. The van der Waals surface area contributed by atoms with Crippen molar-refractivity contribution < 1.29 is 4.39 Å². The van der Waals surface area contributed by atoms with Gasteiger partial charge in [-0.25, -0.2) is 9.07 Å². The normalized spacial score (nSPS) is 15.6. The Kier molecular flexibility index (Phi) is 10.6. The fourth-order valence-electron chi connectivity index (χ4n) is 3.56. The van der Waals surface area contributed by atoms with Gasteiger partial charge in [0, 0.05) is 32.8 Å². The standard InChI is InChI=1S/C22H33FN6.HI/c1-18-9-15-28(16-10-18)14-3-12-25-22(24-2)26-13-8-20-11-17-29(27-20)21-6-4-19(23)5-7-21;/h4-7,11,17-18H,3,8-10,12-16H2,1-2H3,(H2,24,25,26);1H. The molecule has 166 valence electrons. The first-order valence-electron chi connectivity index (χ1n) is 10.6. The van der Waals surface area contributed by atoms with E-state index in [0.717, 1.165) is 55.7 Å². The van der Waals surface area contributed by atoms with Gasteiger partial charge < -0.3 is 15.5 Å². The van der Waals surface area contributed by atoms with Gasteiger partial charge in [-0.3, -0.25) is 4.99 Å². The van der Waals surface area contributed by atoms with E-state index in [9.17, 15) is 4.39 Å². The molecule has 0 bridgehead atoms. The van der Waals surface area contributed by atoms with Gasteiger partial charge in [-0.1, -0.05) is 6.92 Å². The number of likely N-dealkylation sites (tertiary alicyclic amines) is 1. The Morgan fingerprint density at radius 3 is 2.53 bits per heavy atom. The van der Waals surface area contributed by atoms with Gasteiger partial charge in [0.1, 0.15) is 5.82 Å². The Bertz CT molecular complexity index is 768. The van der Waals surface area contributed by atoms with Crippen LogP contribution in [-0.4, -0.2) is 60.4 Å². The third-order valence-electron chi connectivity index (χ3n) is 5.45. The molecule has 30 heavy (non-hydrogen) atoms. The third kappa shape index (κ3) is 7.86. The molecule has 8 heteroatoms. The number of aliphatic imine (C=N–C) groups is 1. The lowest BCUT2D eigenvalue weighted by atomic mass is 9.99. The fraction of sp³-hybridized carbons (Fsp3) is 0.545. The van der Waals surface area contributed by atoms with Crippen molar-refractivity contribution in [3.05, 3.63) is 48.0 Å². The second-order valence-electron chi connectivity index (χ2n) is 7.78. The van der Waals surface area contributed by atoms with Gasteiger partial charge in [0.05, 0.1) is 11.4 Å². The van der Waals surface area contributed by atoms with Crippen molar-refractivity contribution in [3.63, 3.8) is 0 Å². The van der Waals surface area contributed by atoms with E-state index in [1.807, 2.05) is 12.3 Å². The quantitative estimate of drug-likeness (QED) is 0.239. The molecule has 0 aliphatic carbocycles. The molecular formula is C22H34FIN6. The number of nitrogens with zero attached hydrogens (tertiary/aromatic N) is 4. The van der Waals surface area contributed by atoms with Gasteiger partial charge in [0.15, 0.2) is 5.96 Å². The Labute approximate surface area is 196 Å². The van der Waals surface area contributed by atoms with Crippen LogP contribution in [0.25, 0.3) is 5.69 Å². The van der Waals surface area contributed by atoms with Crippen molar-refractivity contribution in [2.24, 2.45) is 10.9 Å². The molecular weight excluding hydrogens is 494 g/mol. The Hall–Kier alpha value is -1.68. The zero-order valence-corrected chi connectivity index (χ0v) is 20.3. The minimum Gasteiger partial charge on any atom is -0.356 e. The molecule has 3 rings (SSSR count). The van der Waals surface area contributed by atoms with E-state index in [4.69, 9.17) is 0 Å². The van der Waals surface area contributed by atoms with Gasteiger partial charge in [-0.15, -0.1) is 24.0 Å². The Balaban J connectivity index is 0.00000320. The van der Waals surface area contributed by atoms with Crippen LogP contribution in [0.5, 0.6) is 0 Å². The smallest absolute Gasteiger partial charge is 0.190 e. The first kappa shape index (κ1) is 24.6. The Morgan fingerprint density at radius 2 is 1.83 bits per heavy atom. The monoisotopic (exact) mass is 528 g/mol. The highest BCUT2D eigenvalue weighted by Gasteiger charge is 2.14. The average Bonchev–Trinajstić information content (AvgIpc) is 3.20. The second kappa shape index (κ2) is 12.9. The van der Waals surface area contributed by atoms with E-state index in [2.05, 4.69) is 32.5 Å². The van der Waals surface area contributed by atoms with Crippen LogP contribution in [-0.2, 0) is 6.42 Å². The number of hydrogen-bond donors (Lipinski definition) is 2. The molecule has 2 heterocycles. The maximum absolute atomic E-state index is 13.0. The largest absolute Gasteiger partial charge is 0.356 e. The third-order valence-corrected chi connectivity index (χ3v) is 5.45. The summed E-state index contributed by atoms with van der Waals surface area (Å²) in [5, 5.41) is 11.3. The van der Waals surface area contributed by atoms with Crippen LogP contribution in [0.15, 0.2) is 41.5 Å². The molecule has 6 nitrogen and oxygen atoms in total. The van der Waals surface area contributed by atoms with E-state index in [1.165, 1.54) is 38.1 Å². The van der Waals surface area contributed by atoms with Gasteiger partial charge >= 0.3 is 0 Å². The highest BCUT2D eigenvalue weighted by atomic mass is 127. The highest BCUT2D eigenvalue weighted by Crippen LogP contribution is 2.15. The molecule has 1 fully saturated rings. The van der Waals surface area contributed by atoms with Crippen LogP contribution >= 0.6 is 24.0 Å². The number of nitrogens with one attached hydrogen (secondary N) is 2. The molecule has 1 aromatic heterocycles. The number of guanidine groups is 1. The number of rotatable bonds is 8. The zero-order valence-electron chi connectivity index (χ0n) is 18.0. The fourth-order valence-corrected chi connectivity index (χ4v) is 3.56. The molecule has 0 spiro atoms.